The van der Waals surface area contributed by atoms with Gasteiger partial charge in [-0.15, -0.1) is 0 Å². The summed E-state index contributed by atoms with van der Waals surface area (Å²) in [7, 11) is 0. The average Bonchev–Trinajstić information content (AvgIpc) is 2.47. The van der Waals surface area contributed by atoms with Crippen LogP contribution in [0.1, 0.15) is 34.0 Å². The Labute approximate surface area is 126 Å². The van der Waals surface area contributed by atoms with Crippen molar-refractivity contribution < 1.29 is 4.79 Å². The fourth-order valence-electron chi connectivity index (χ4n) is 2.43. The second-order valence-corrected chi connectivity index (χ2v) is 5.67. The van der Waals surface area contributed by atoms with Crippen molar-refractivity contribution in [2.75, 3.05) is 6.54 Å². The topological polar surface area (TPSA) is 55.1 Å². The maximum absolute atomic E-state index is 12.6. The molecule has 2 rings (SSSR count). The van der Waals surface area contributed by atoms with Crippen LogP contribution in [-0.4, -0.2) is 12.5 Å². The van der Waals surface area contributed by atoms with Gasteiger partial charge in [0.05, 0.1) is 5.54 Å². The summed E-state index contributed by atoms with van der Waals surface area (Å²) in [5, 5.41) is 3.07. The molecule has 0 aliphatic heterocycles. The number of carbonyl (C=O) groups excluding carboxylic acids is 1. The first-order valence-corrected chi connectivity index (χ1v) is 7.11. The Morgan fingerprint density at radius 2 is 1.81 bits per heavy atom. The zero-order valence-electron chi connectivity index (χ0n) is 12.8. The number of hydrogen-bond donors (Lipinski definition) is 2. The number of amides is 1. The third kappa shape index (κ3) is 3.31. The lowest BCUT2D eigenvalue weighted by atomic mass is 9.91. The molecule has 1 unspecified atom stereocenters. The van der Waals surface area contributed by atoms with E-state index in [9.17, 15) is 4.79 Å². The molecule has 0 radical (unpaired) electrons. The average molecular weight is 282 g/mol. The van der Waals surface area contributed by atoms with Crippen LogP contribution in [0.4, 0.5) is 0 Å². The minimum atomic E-state index is -0.574. The Bertz CT molecular complexity index is 637. The maximum atomic E-state index is 12.6. The Morgan fingerprint density at radius 1 is 1.14 bits per heavy atom. The highest BCUT2D eigenvalue weighted by atomic mass is 16.1. The molecule has 3 nitrogen and oxygen atoms in total. The summed E-state index contributed by atoms with van der Waals surface area (Å²) in [6.45, 7) is 6.25. The van der Waals surface area contributed by atoms with Crippen LogP contribution in [0, 0.1) is 13.8 Å². The van der Waals surface area contributed by atoms with Gasteiger partial charge in [0.1, 0.15) is 0 Å². The number of nitrogens with two attached hydrogens (primary N) is 1. The van der Waals surface area contributed by atoms with E-state index in [1.165, 1.54) is 0 Å². The normalized spacial score (nSPS) is 13.5. The van der Waals surface area contributed by atoms with Crippen LogP contribution in [0.25, 0.3) is 0 Å². The molecule has 0 saturated heterocycles. The lowest BCUT2D eigenvalue weighted by Crippen LogP contribution is -2.48. The summed E-state index contributed by atoms with van der Waals surface area (Å²) in [5.74, 6) is -0.0932. The second-order valence-electron chi connectivity index (χ2n) is 5.67. The van der Waals surface area contributed by atoms with Gasteiger partial charge >= 0.3 is 0 Å². The van der Waals surface area contributed by atoms with Gasteiger partial charge in [0.15, 0.2) is 0 Å². The lowest BCUT2D eigenvalue weighted by Gasteiger charge is -2.30. The molecular formula is C18H22N2O. The lowest BCUT2D eigenvalue weighted by molar-refractivity contribution is 0.0907. The Morgan fingerprint density at radius 3 is 2.38 bits per heavy atom. The molecule has 0 heterocycles. The monoisotopic (exact) mass is 282 g/mol. The molecule has 0 aromatic heterocycles. The quantitative estimate of drug-likeness (QED) is 0.906. The van der Waals surface area contributed by atoms with Crippen LogP contribution in [0.3, 0.4) is 0 Å². The van der Waals surface area contributed by atoms with E-state index >= 15 is 0 Å². The van der Waals surface area contributed by atoms with Crippen LogP contribution in [0.15, 0.2) is 48.5 Å². The van der Waals surface area contributed by atoms with Crippen LogP contribution < -0.4 is 11.1 Å². The van der Waals surface area contributed by atoms with E-state index < -0.39 is 5.54 Å². The minimum absolute atomic E-state index is 0.0932. The molecule has 1 atom stereocenters. The molecular weight excluding hydrogens is 260 g/mol. The molecule has 0 aliphatic rings. The van der Waals surface area contributed by atoms with Crippen molar-refractivity contribution in [3.8, 4) is 0 Å². The predicted molar refractivity (Wildman–Crippen MR) is 86.2 cm³/mol. The number of rotatable bonds is 4. The van der Waals surface area contributed by atoms with E-state index in [2.05, 4.69) is 5.32 Å². The Balaban J connectivity index is 2.28. The van der Waals surface area contributed by atoms with E-state index in [0.29, 0.717) is 12.1 Å². The first-order chi connectivity index (χ1) is 9.96. The first kappa shape index (κ1) is 15.3. The highest BCUT2D eigenvalue weighted by molar-refractivity contribution is 5.96. The largest absolute Gasteiger partial charge is 0.342 e. The van der Waals surface area contributed by atoms with E-state index in [4.69, 9.17) is 5.73 Å². The molecule has 3 heteroatoms. The maximum Gasteiger partial charge on any atom is 0.252 e. The minimum Gasteiger partial charge on any atom is -0.342 e. The van der Waals surface area contributed by atoms with Gasteiger partial charge in [-0.25, -0.2) is 0 Å². The van der Waals surface area contributed by atoms with Gasteiger partial charge in [0.25, 0.3) is 5.91 Å². The fraction of sp³-hybridized carbons (Fsp3) is 0.278. The van der Waals surface area contributed by atoms with E-state index in [1.807, 2.05) is 69.3 Å². The summed E-state index contributed by atoms with van der Waals surface area (Å²) in [5.41, 5.74) is 9.15. The summed E-state index contributed by atoms with van der Waals surface area (Å²) in [6, 6.07) is 15.6. The standard InChI is InChI=1S/C18H22N2O/c1-13-9-10-16(14(2)11-13)17(21)20-18(3,12-19)15-7-5-4-6-8-15/h4-11H,12,19H2,1-3H3,(H,20,21). The van der Waals surface area contributed by atoms with Crippen molar-refractivity contribution in [1.29, 1.82) is 0 Å². The fourth-order valence-corrected chi connectivity index (χ4v) is 2.43. The number of aryl methyl sites for hydroxylation is 2. The van der Waals surface area contributed by atoms with E-state index in [1.54, 1.807) is 0 Å². The van der Waals surface area contributed by atoms with Gasteiger partial charge in [0.2, 0.25) is 0 Å². The summed E-state index contributed by atoms with van der Waals surface area (Å²) < 4.78 is 0. The van der Waals surface area contributed by atoms with Crippen molar-refractivity contribution in [2.24, 2.45) is 5.73 Å². The molecule has 3 N–H and O–H groups in total. The van der Waals surface area contributed by atoms with Crippen molar-refractivity contribution in [2.45, 2.75) is 26.3 Å². The second kappa shape index (κ2) is 6.10. The van der Waals surface area contributed by atoms with Gasteiger partial charge in [-0.2, -0.15) is 0 Å². The van der Waals surface area contributed by atoms with Crippen LogP contribution in [0.2, 0.25) is 0 Å². The molecule has 0 fully saturated rings. The molecule has 1 amide bonds. The zero-order valence-corrected chi connectivity index (χ0v) is 12.8. The first-order valence-electron chi connectivity index (χ1n) is 7.11. The molecule has 0 spiro atoms. The highest BCUT2D eigenvalue weighted by Gasteiger charge is 2.27. The predicted octanol–water partition coefficient (Wildman–Crippen LogP) is 2.91. The van der Waals surface area contributed by atoms with Gasteiger partial charge in [-0.05, 0) is 38.0 Å². The molecule has 21 heavy (non-hydrogen) atoms. The number of benzene rings is 2. The van der Waals surface area contributed by atoms with Crippen molar-refractivity contribution in [1.82, 2.24) is 5.32 Å². The number of hydrogen-bond acceptors (Lipinski definition) is 2. The molecule has 2 aromatic rings. The molecule has 0 bridgehead atoms. The zero-order chi connectivity index (χ0) is 15.5. The van der Waals surface area contributed by atoms with Gasteiger partial charge < -0.3 is 11.1 Å². The highest BCUT2D eigenvalue weighted by Crippen LogP contribution is 2.20. The number of nitrogens with one attached hydrogen (secondary N) is 1. The third-order valence-corrected chi connectivity index (χ3v) is 3.84. The van der Waals surface area contributed by atoms with E-state index in [0.717, 1.165) is 16.7 Å². The summed E-state index contributed by atoms with van der Waals surface area (Å²) in [4.78, 5) is 12.6. The van der Waals surface area contributed by atoms with Gasteiger partial charge in [-0.1, -0.05) is 48.0 Å². The summed E-state index contributed by atoms with van der Waals surface area (Å²) >= 11 is 0. The van der Waals surface area contributed by atoms with Crippen molar-refractivity contribution in [3.63, 3.8) is 0 Å². The molecule has 110 valence electrons. The van der Waals surface area contributed by atoms with Crippen LogP contribution in [-0.2, 0) is 5.54 Å². The Hall–Kier alpha value is -2.13. The van der Waals surface area contributed by atoms with Crippen LogP contribution in [0.5, 0.6) is 0 Å². The smallest absolute Gasteiger partial charge is 0.252 e. The molecule has 0 saturated carbocycles. The SMILES string of the molecule is Cc1ccc(C(=O)NC(C)(CN)c2ccccc2)c(C)c1. The van der Waals surface area contributed by atoms with Crippen molar-refractivity contribution in [3.05, 3.63) is 70.8 Å². The van der Waals surface area contributed by atoms with Crippen LogP contribution >= 0.6 is 0 Å². The molecule has 0 aliphatic carbocycles. The number of carbonyl (C=O) groups is 1. The van der Waals surface area contributed by atoms with Crippen molar-refractivity contribution >= 4 is 5.91 Å². The van der Waals surface area contributed by atoms with Gasteiger partial charge in [0, 0.05) is 12.1 Å². The molecule has 2 aromatic carbocycles. The van der Waals surface area contributed by atoms with E-state index in [-0.39, 0.29) is 5.91 Å². The van der Waals surface area contributed by atoms with Gasteiger partial charge in [-0.3, -0.25) is 4.79 Å². The summed E-state index contributed by atoms with van der Waals surface area (Å²) in [6.07, 6.45) is 0. The Kier molecular flexibility index (Phi) is 4.43. The third-order valence-electron chi connectivity index (χ3n) is 3.84.